The standard InChI is InChI=1S/C13H13BrOS/c1-9-4-5-12(14)11(7-9)13(15)8-10-3-2-6-16-10/h2-7,13,15H,8H2,1H3. The molecule has 1 heterocycles. The quantitative estimate of drug-likeness (QED) is 0.904. The minimum absolute atomic E-state index is 0.437. The smallest absolute Gasteiger partial charge is 0.0849 e. The van der Waals surface area contributed by atoms with Crippen molar-refractivity contribution >= 4 is 27.3 Å². The Morgan fingerprint density at radius 2 is 2.19 bits per heavy atom. The first-order valence-corrected chi connectivity index (χ1v) is 6.80. The summed E-state index contributed by atoms with van der Waals surface area (Å²) < 4.78 is 0.974. The molecule has 0 aliphatic rings. The molecule has 1 atom stereocenters. The molecule has 0 radical (unpaired) electrons. The molecule has 1 N–H and O–H groups in total. The minimum atomic E-state index is -0.437. The third kappa shape index (κ3) is 2.73. The van der Waals surface area contributed by atoms with Gasteiger partial charge in [-0.05, 0) is 30.0 Å². The van der Waals surface area contributed by atoms with Crippen molar-refractivity contribution in [1.29, 1.82) is 0 Å². The van der Waals surface area contributed by atoms with E-state index in [0.717, 1.165) is 10.0 Å². The molecule has 1 aromatic carbocycles. The average Bonchev–Trinajstić information content (AvgIpc) is 2.74. The van der Waals surface area contributed by atoms with Gasteiger partial charge in [0.25, 0.3) is 0 Å². The highest BCUT2D eigenvalue weighted by Crippen LogP contribution is 2.28. The van der Waals surface area contributed by atoms with E-state index in [-0.39, 0.29) is 0 Å². The molecule has 84 valence electrons. The number of halogens is 1. The van der Waals surface area contributed by atoms with E-state index in [0.29, 0.717) is 6.42 Å². The van der Waals surface area contributed by atoms with Crippen LogP contribution in [0.15, 0.2) is 40.2 Å². The average molecular weight is 297 g/mol. The van der Waals surface area contributed by atoms with Crippen molar-refractivity contribution in [2.24, 2.45) is 0 Å². The van der Waals surface area contributed by atoms with Crippen LogP contribution in [0.3, 0.4) is 0 Å². The van der Waals surface area contributed by atoms with Crippen LogP contribution in [-0.4, -0.2) is 5.11 Å². The fraction of sp³-hybridized carbons (Fsp3) is 0.231. The van der Waals surface area contributed by atoms with Gasteiger partial charge in [-0.15, -0.1) is 11.3 Å². The Kier molecular flexibility index (Phi) is 3.79. The van der Waals surface area contributed by atoms with E-state index in [2.05, 4.69) is 22.0 Å². The number of hydrogen-bond acceptors (Lipinski definition) is 2. The van der Waals surface area contributed by atoms with Crippen molar-refractivity contribution in [3.63, 3.8) is 0 Å². The lowest BCUT2D eigenvalue weighted by atomic mass is 10.0. The van der Waals surface area contributed by atoms with Crippen molar-refractivity contribution in [1.82, 2.24) is 0 Å². The third-order valence-electron chi connectivity index (χ3n) is 2.49. The van der Waals surface area contributed by atoms with Crippen molar-refractivity contribution < 1.29 is 5.11 Å². The van der Waals surface area contributed by atoms with Crippen LogP contribution < -0.4 is 0 Å². The molecule has 1 aromatic heterocycles. The van der Waals surface area contributed by atoms with Gasteiger partial charge >= 0.3 is 0 Å². The topological polar surface area (TPSA) is 20.2 Å². The van der Waals surface area contributed by atoms with Crippen LogP contribution >= 0.6 is 27.3 Å². The van der Waals surface area contributed by atoms with Crippen LogP contribution in [0.25, 0.3) is 0 Å². The molecule has 1 nitrogen and oxygen atoms in total. The summed E-state index contributed by atoms with van der Waals surface area (Å²) in [5, 5.41) is 12.2. The summed E-state index contributed by atoms with van der Waals surface area (Å²) in [6.45, 7) is 2.04. The van der Waals surface area contributed by atoms with E-state index < -0.39 is 6.10 Å². The Balaban J connectivity index is 2.20. The first kappa shape index (κ1) is 11.8. The fourth-order valence-corrected chi connectivity index (χ4v) is 2.90. The molecule has 0 amide bonds. The Bertz CT molecular complexity index is 465. The number of rotatable bonds is 3. The summed E-state index contributed by atoms with van der Waals surface area (Å²) in [6.07, 6.45) is 0.243. The molecule has 2 rings (SSSR count). The number of aliphatic hydroxyl groups excluding tert-OH is 1. The summed E-state index contributed by atoms with van der Waals surface area (Å²) >= 11 is 5.16. The lowest BCUT2D eigenvalue weighted by Crippen LogP contribution is -2.01. The van der Waals surface area contributed by atoms with Crippen LogP contribution in [0, 0.1) is 6.92 Å². The van der Waals surface area contributed by atoms with Crippen LogP contribution in [0.1, 0.15) is 22.1 Å². The number of hydrogen-bond donors (Lipinski definition) is 1. The zero-order valence-corrected chi connectivity index (χ0v) is 11.4. The minimum Gasteiger partial charge on any atom is -0.388 e. The molecule has 16 heavy (non-hydrogen) atoms. The van der Waals surface area contributed by atoms with Crippen molar-refractivity contribution in [3.8, 4) is 0 Å². The Morgan fingerprint density at radius 1 is 1.38 bits per heavy atom. The Labute approximate surface area is 108 Å². The highest BCUT2D eigenvalue weighted by atomic mass is 79.9. The maximum absolute atomic E-state index is 10.2. The predicted molar refractivity (Wildman–Crippen MR) is 71.9 cm³/mol. The summed E-state index contributed by atoms with van der Waals surface area (Å²) in [7, 11) is 0. The maximum atomic E-state index is 10.2. The van der Waals surface area contributed by atoms with E-state index in [4.69, 9.17) is 0 Å². The van der Waals surface area contributed by atoms with Crippen LogP contribution in [-0.2, 0) is 6.42 Å². The lowest BCUT2D eigenvalue weighted by molar-refractivity contribution is 0.178. The molecule has 0 saturated carbocycles. The monoisotopic (exact) mass is 296 g/mol. The molecule has 0 bridgehead atoms. The molecule has 0 saturated heterocycles. The summed E-state index contributed by atoms with van der Waals surface area (Å²) in [4.78, 5) is 1.21. The van der Waals surface area contributed by atoms with Gasteiger partial charge in [-0.1, -0.05) is 39.7 Å². The van der Waals surface area contributed by atoms with E-state index in [1.54, 1.807) is 11.3 Å². The second-order valence-electron chi connectivity index (χ2n) is 3.82. The third-order valence-corrected chi connectivity index (χ3v) is 4.11. The van der Waals surface area contributed by atoms with Crippen LogP contribution in [0.4, 0.5) is 0 Å². The van der Waals surface area contributed by atoms with E-state index in [1.165, 1.54) is 10.4 Å². The van der Waals surface area contributed by atoms with Crippen molar-refractivity contribution in [3.05, 3.63) is 56.2 Å². The number of aryl methyl sites for hydroxylation is 1. The second-order valence-corrected chi connectivity index (χ2v) is 5.71. The predicted octanol–water partition coefficient (Wildman–Crippen LogP) is 4.10. The largest absolute Gasteiger partial charge is 0.388 e. The van der Waals surface area contributed by atoms with E-state index >= 15 is 0 Å². The number of aliphatic hydroxyl groups is 1. The zero-order chi connectivity index (χ0) is 11.5. The van der Waals surface area contributed by atoms with Crippen molar-refractivity contribution in [2.75, 3.05) is 0 Å². The van der Waals surface area contributed by atoms with Gasteiger partial charge in [0.15, 0.2) is 0 Å². The number of benzene rings is 1. The van der Waals surface area contributed by atoms with Crippen LogP contribution in [0.5, 0.6) is 0 Å². The Hall–Kier alpha value is -0.640. The zero-order valence-electron chi connectivity index (χ0n) is 8.98. The molecule has 0 spiro atoms. The van der Waals surface area contributed by atoms with Gasteiger partial charge in [0.1, 0.15) is 0 Å². The van der Waals surface area contributed by atoms with Crippen molar-refractivity contribution in [2.45, 2.75) is 19.4 Å². The molecule has 3 heteroatoms. The molecular weight excluding hydrogens is 284 g/mol. The molecule has 0 aliphatic carbocycles. The van der Waals surface area contributed by atoms with Gasteiger partial charge in [0, 0.05) is 15.8 Å². The molecule has 0 aliphatic heterocycles. The highest BCUT2D eigenvalue weighted by Gasteiger charge is 2.12. The molecule has 2 aromatic rings. The van der Waals surface area contributed by atoms with Gasteiger partial charge in [0.05, 0.1) is 6.10 Å². The van der Waals surface area contributed by atoms with E-state index in [1.807, 2.05) is 36.6 Å². The van der Waals surface area contributed by atoms with Gasteiger partial charge in [-0.3, -0.25) is 0 Å². The molecular formula is C13H13BrOS. The lowest BCUT2D eigenvalue weighted by Gasteiger charge is -2.12. The van der Waals surface area contributed by atoms with Gasteiger partial charge < -0.3 is 5.11 Å². The maximum Gasteiger partial charge on any atom is 0.0849 e. The normalized spacial score (nSPS) is 12.7. The Morgan fingerprint density at radius 3 is 2.88 bits per heavy atom. The molecule has 1 unspecified atom stereocenters. The van der Waals surface area contributed by atoms with Gasteiger partial charge in [0.2, 0.25) is 0 Å². The summed E-state index contributed by atoms with van der Waals surface area (Å²) in [5.41, 5.74) is 2.14. The van der Waals surface area contributed by atoms with Gasteiger partial charge in [-0.25, -0.2) is 0 Å². The van der Waals surface area contributed by atoms with E-state index in [9.17, 15) is 5.11 Å². The van der Waals surface area contributed by atoms with Crippen LogP contribution in [0.2, 0.25) is 0 Å². The second kappa shape index (κ2) is 5.13. The fourth-order valence-electron chi connectivity index (χ4n) is 1.65. The number of thiophene rings is 1. The molecule has 0 fully saturated rings. The summed E-state index contributed by atoms with van der Waals surface area (Å²) in [6, 6.07) is 10.1. The van der Waals surface area contributed by atoms with Gasteiger partial charge in [-0.2, -0.15) is 0 Å². The first-order valence-electron chi connectivity index (χ1n) is 5.13. The summed E-state index contributed by atoms with van der Waals surface area (Å²) in [5.74, 6) is 0. The SMILES string of the molecule is Cc1ccc(Br)c(C(O)Cc2cccs2)c1. The highest BCUT2D eigenvalue weighted by molar-refractivity contribution is 9.10. The first-order chi connectivity index (χ1) is 7.66.